The van der Waals surface area contributed by atoms with Crippen LogP contribution in [0.2, 0.25) is 0 Å². The molecule has 0 spiro atoms. The number of aliphatic hydroxyl groups is 1. The first kappa shape index (κ1) is 10.4. The van der Waals surface area contributed by atoms with Crippen molar-refractivity contribution < 1.29 is 18.3 Å². The molecule has 0 aromatic rings. The van der Waals surface area contributed by atoms with E-state index in [1.54, 1.807) is 4.72 Å². The Hall–Kier alpha value is -0.620. The van der Waals surface area contributed by atoms with E-state index in [0.717, 1.165) is 0 Å². The molecule has 0 aliphatic heterocycles. The molecule has 5 nitrogen and oxygen atoms in total. The molecule has 11 heavy (non-hydrogen) atoms. The monoisotopic (exact) mass is 181 g/mol. The molecule has 1 atom stereocenters. The number of carbonyl (C=O) groups is 1. The Morgan fingerprint density at radius 2 is 2.18 bits per heavy atom. The van der Waals surface area contributed by atoms with Crippen LogP contribution in [0, 0.1) is 0 Å². The Bertz CT molecular complexity index is 209. The highest BCUT2D eigenvalue weighted by atomic mass is 32.2. The number of nitrogens with one attached hydrogen (secondary N) is 1. The highest BCUT2D eigenvalue weighted by molar-refractivity contribution is 7.89. The molecule has 0 radical (unpaired) electrons. The van der Waals surface area contributed by atoms with E-state index < -0.39 is 16.1 Å². The largest absolute Gasteiger partial charge is 0.393 e. The summed E-state index contributed by atoms with van der Waals surface area (Å²) in [7, 11) is -3.50. The van der Waals surface area contributed by atoms with Gasteiger partial charge < -0.3 is 5.11 Å². The van der Waals surface area contributed by atoms with Crippen LogP contribution in [0.3, 0.4) is 0 Å². The molecule has 0 rings (SSSR count). The summed E-state index contributed by atoms with van der Waals surface area (Å²) in [6.45, 7) is 1.48. The van der Waals surface area contributed by atoms with Crippen molar-refractivity contribution in [2.75, 3.05) is 5.75 Å². The molecule has 0 aromatic carbocycles. The van der Waals surface area contributed by atoms with Gasteiger partial charge in [0.15, 0.2) is 0 Å². The number of hydrogen-bond acceptors (Lipinski definition) is 4. The molecule has 0 aliphatic rings. The Labute approximate surface area is 65.5 Å². The normalized spacial score (nSPS) is 14.0. The van der Waals surface area contributed by atoms with Gasteiger partial charge in [-0.25, -0.2) is 8.42 Å². The van der Waals surface area contributed by atoms with Crippen LogP contribution in [0.15, 0.2) is 0 Å². The van der Waals surface area contributed by atoms with Crippen LogP contribution >= 0.6 is 0 Å². The van der Waals surface area contributed by atoms with Gasteiger partial charge in [0, 0.05) is 0 Å². The Balaban J connectivity index is 3.83. The quantitative estimate of drug-likeness (QED) is 0.524. The molecular formula is C5H11NO4S. The molecule has 66 valence electrons. The van der Waals surface area contributed by atoms with Crippen LogP contribution in [0.4, 0.5) is 0 Å². The van der Waals surface area contributed by atoms with Crippen molar-refractivity contribution in [3.63, 3.8) is 0 Å². The minimum absolute atomic E-state index is 0.109. The summed E-state index contributed by atoms with van der Waals surface area (Å²) in [6, 6.07) is 0. The number of aliphatic hydroxyl groups excluding tert-OH is 1. The van der Waals surface area contributed by atoms with Crippen molar-refractivity contribution in [1.29, 1.82) is 0 Å². The minimum Gasteiger partial charge on any atom is -0.393 e. The van der Waals surface area contributed by atoms with E-state index in [-0.39, 0.29) is 18.6 Å². The summed E-state index contributed by atoms with van der Waals surface area (Å²) in [5.41, 5.74) is 0. The topological polar surface area (TPSA) is 83.5 Å². The maximum atomic E-state index is 10.7. The third-order valence-corrected chi connectivity index (χ3v) is 2.26. The summed E-state index contributed by atoms with van der Waals surface area (Å²) in [5, 5.41) is 8.70. The van der Waals surface area contributed by atoms with Gasteiger partial charge in [-0.2, -0.15) is 0 Å². The molecule has 6 heteroatoms. The summed E-state index contributed by atoms with van der Waals surface area (Å²) in [6.07, 6.45) is -0.432. The number of sulfonamides is 1. The zero-order valence-electron chi connectivity index (χ0n) is 6.15. The summed E-state index contributed by atoms with van der Waals surface area (Å²) in [5.74, 6) is -0.233. The second-order valence-electron chi connectivity index (χ2n) is 2.19. The van der Waals surface area contributed by atoms with E-state index in [9.17, 15) is 13.2 Å². The van der Waals surface area contributed by atoms with Gasteiger partial charge in [0.05, 0.1) is 11.9 Å². The van der Waals surface area contributed by atoms with Gasteiger partial charge in [-0.15, -0.1) is 0 Å². The number of amides is 1. The van der Waals surface area contributed by atoms with Gasteiger partial charge >= 0.3 is 0 Å². The van der Waals surface area contributed by atoms with Crippen molar-refractivity contribution in [3.8, 4) is 0 Å². The average Bonchev–Trinajstić information content (AvgIpc) is 1.84. The Morgan fingerprint density at radius 1 is 1.64 bits per heavy atom. The molecule has 0 fully saturated rings. The van der Waals surface area contributed by atoms with Gasteiger partial charge in [-0.3, -0.25) is 9.52 Å². The zero-order chi connectivity index (χ0) is 8.91. The predicted molar refractivity (Wildman–Crippen MR) is 39.3 cm³/mol. The molecule has 1 amide bonds. The molecule has 1 unspecified atom stereocenters. The standard InChI is InChI=1S/C5H11NO4S/c1-5(8)2-3-11(9,10)6-4-7/h4-5,8H,2-3H2,1H3,(H,6,7). The van der Waals surface area contributed by atoms with E-state index in [2.05, 4.69) is 0 Å². The van der Waals surface area contributed by atoms with Crippen molar-refractivity contribution in [2.24, 2.45) is 0 Å². The second-order valence-corrected chi connectivity index (χ2v) is 4.07. The van der Waals surface area contributed by atoms with E-state index in [0.29, 0.717) is 0 Å². The van der Waals surface area contributed by atoms with E-state index in [1.165, 1.54) is 6.92 Å². The van der Waals surface area contributed by atoms with Crippen LogP contribution in [0.1, 0.15) is 13.3 Å². The van der Waals surface area contributed by atoms with Crippen LogP contribution in [-0.4, -0.2) is 31.8 Å². The number of rotatable bonds is 5. The van der Waals surface area contributed by atoms with Gasteiger partial charge in [0.2, 0.25) is 16.4 Å². The van der Waals surface area contributed by atoms with Gasteiger partial charge in [-0.05, 0) is 13.3 Å². The maximum Gasteiger partial charge on any atom is 0.234 e. The lowest BCUT2D eigenvalue weighted by Crippen LogP contribution is -2.26. The average molecular weight is 181 g/mol. The first-order valence-electron chi connectivity index (χ1n) is 3.09. The van der Waals surface area contributed by atoms with Crippen LogP contribution in [0.25, 0.3) is 0 Å². The molecule has 0 aliphatic carbocycles. The maximum absolute atomic E-state index is 10.7. The SMILES string of the molecule is CC(O)CCS(=O)(=O)NC=O. The van der Waals surface area contributed by atoms with Crippen molar-refractivity contribution in [3.05, 3.63) is 0 Å². The van der Waals surface area contributed by atoms with Crippen molar-refractivity contribution in [1.82, 2.24) is 4.72 Å². The highest BCUT2D eigenvalue weighted by Gasteiger charge is 2.09. The first-order chi connectivity index (χ1) is 4.98. The first-order valence-corrected chi connectivity index (χ1v) is 4.75. The zero-order valence-corrected chi connectivity index (χ0v) is 6.97. The highest BCUT2D eigenvalue weighted by Crippen LogP contribution is 1.93. The van der Waals surface area contributed by atoms with Gasteiger partial charge in [-0.1, -0.05) is 0 Å². The molecular weight excluding hydrogens is 170 g/mol. The van der Waals surface area contributed by atoms with Crippen LogP contribution in [0.5, 0.6) is 0 Å². The molecule has 2 N–H and O–H groups in total. The minimum atomic E-state index is -3.50. The third kappa shape index (κ3) is 5.81. The summed E-state index contributed by atoms with van der Waals surface area (Å²) >= 11 is 0. The fraction of sp³-hybridized carbons (Fsp3) is 0.800. The lowest BCUT2D eigenvalue weighted by Gasteiger charge is -2.03. The van der Waals surface area contributed by atoms with E-state index >= 15 is 0 Å². The number of carbonyl (C=O) groups excluding carboxylic acids is 1. The van der Waals surface area contributed by atoms with Crippen molar-refractivity contribution >= 4 is 16.4 Å². The number of hydrogen-bond donors (Lipinski definition) is 2. The third-order valence-electron chi connectivity index (χ3n) is 1.03. The smallest absolute Gasteiger partial charge is 0.234 e. The van der Waals surface area contributed by atoms with Gasteiger partial charge in [0.25, 0.3) is 0 Å². The molecule has 0 aromatic heterocycles. The van der Waals surface area contributed by atoms with E-state index in [1.807, 2.05) is 0 Å². The van der Waals surface area contributed by atoms with Crippen LogP contribution in [-0.2, 0) is 14.8 Å². The predicted octanol–water partition coefficient (Wildman–Crippen LogP) is -1.17. The summed E-state index contributed by atoms with van der Waals surface area (Å²) < 4.78 is 23.0. The second kappa shape index (κ2) is 4.30. The van der Waals surface area contributed by atoms with E-state index in [4.69, 9.17) is 5.11 Å². The molecule has 0 saturated carbocycles. The fourth-order valence-electron chi connectivity index (χ4n) is 0.458. The fourth-order valence-corrected chi connectivity index (χ4v) is 1.37. The van der Waals surface area contributed by atoms with Crippen molar-refractivity contribution in [2.45, 2.75) is 19.4 Å². The Morgan fingerprint density at radius 3 is 2.55 bits per heavy atom. The lowest BCUT2D eigenvalue weighted by atomic mass is 10.3. The lowest BCUT2D eigenvalue weighted by molar-refractivity contribution is -0.108. The molecule has 0 heterocycles. The Kier molecular flexibility index (Phi) is 4.06. The molecule has 0 saturated heterocycles. The van der Waals surface area contributed by atoms with Crippen LogP contribution < -0.4 is 4.72 Å². The molecule has 0 bridgehead atoms. The van der Waals surface area contributed by atoms with Gasteiger partial charge in [0.1, 0.15) is 0 Å². The summed E-state index contributed by atoms with van der Waals surface area (Å²) in [4.78, 5) is 9.71.